The number of hydrogen-bond acceptors (Lipinski definition) is 6. The molecule has 7 nitrogen and oxygen atoms in total. The second kappa shape index (κ2) is 10.5. The molecule has 0 spiro atoms. The van der Waals surface area contributed by atoms with E-state index in [1.54, 1.807) is 32.2 Å². The molecule has 1 rings (SSSR count). The van der Waals surface area contributed by atoms with Gasteiger partial charge in [-0.3, -0.25) is 4.79 Å². The van der Waals surface area contributed by atoms with Gasteiger partial charge < -0.3 is 25.0 Å². The van der Waals surface area contributed by atoms with Gasteiger partial charge in [0.05, 0.1) is 13.2 Å². The normalized spacial score (nSPS) is 9.10. The number of aliphatic hydroxyl groups is 2. The highest BCUT2D eigenvalue weighted by Gasteiger charge is 2.03. The summed E-state index contributed by atoms with van der Waals surface area (Å²) in [7, 11) is 0. The van der Waals surface area contributed by atoms with E-state index in [1.807, 2.05) is 0 Å². The van der Waals surface area contributed by atoms with Gasteiger partial charge in [-0.2, -0.15) is 0 Å². The summed E-state index contributed by atoms with van der Waals surface area (Å²) in [5.74, 6) is 0.714. The molecular formula is C14H20N2O5. The predicted molar refractivity (Wildman–Crippen MR) is 75.6 cm³/mol. The third-order valence-corrected chi connectivity index (χ3v) is 2.55. The van der Waals surface area contributed by atoms with Crippen LogP contribution in [0.25, 0.3) is 0 Å². The van der Waals surface area contributed by atoms with Crippen LogP contribution in [0.3, 0.4) is 0 Å². The molecule has 0 aliphatic carbocycles. The zero-order valence-corrected chi connectivity index (χ0v) is 12.1. The molecular weight excluding hydrogens is 276 g/mol. The molecule has 1 aromatic carbocycles. The number of ether oxygens (including phenoxy) is 1. The van der Waals surface area contributed by atoms with E-state index in [0.29, 0.717) is 36.4 Å². The number of aromatic hydroxyl groups is 1. The van der Waals surface area contributed by atoms with Crippen molar-refractivity contribution in [2.24, 2.45) is 0 Å². The molecule has 7 heteroatoms. The van der Waals surface area contributed by atoms with E-state index < -0.39 is 0 Å². The number of aliphatic hydroxyl groups excluding tert-OH is 2. The Morgan fingerprint density at radius 3 is 2.05 bits per heavy atom. The van der Waals surface area contributed by atoms with Gasteiger partial charge in [0.25, 0.3) is 6.26 Å². The number of amides is 1. The molecule has 0 saturated carbocycles. The largest absolute Gasteiger partial charge is 0.507 e. The lowest BCUT2D eigenvalue weighted by Crippen LogP contribution is -2.28. The monoisotopic (exact) mass is 296 g/mol. The van der Waals surface area contributed by atoms with E-state index in [4.69, 9.17) is 15.5 Å². The van der Waals surface area contributed by atoms with Crippen LogP contribution in [0.1, 0.15) is 11.1 Å². The first kappa shape index (κ1) is 18.7. The topological polar surface area (TPSA) is 114 Å². The van der Waals surface area contributed by atoms with Crippen molar-refractivity contribution in [2.75, 3.05) is 26.3 Å². The Morgan fingerprint density at radius 2 is 1.71 bits per heavy atom. The average molecular weight is 296 g/mol. The fourth-order valence-corrected chi connectivity index (χ4v) is 1.50. The Balaban J connectivity index is 0.000000400. The maximum atomic E-state index is 9.99. The lowest BCUT2D eigenvalue weighted by atomic mass is 10.1. The summed E-state index contributed by atoms with van der Waals surface area (Å²) in [5.41, 5.74) is 1.42. The van der Waals surface area contributed by atoms with Gasteiger partial charge in [0, 0.05) is 13.1 Å². The van der Waals surface area contributed by atoms with Gasteiger partial charge in [0.15, 0.2) is 0 Å². The van der Waals surface area contributed by atoms with E-state index in [9.17, 15) is 9.90 Å². The average Bonchev–Trinajstić information content (AvgIpc) is 2.45. The third kappa shape index (κ3) is 7.15. The molecule has 0 aliphatic heterocycles. The number of aryl methyl sites for hydroxylation is 2. The third-order valence-electron chi connectivity index (χ3n) is 2.55. The van der Waals surface area contributed by atoms with Crippen molar-refractivity contribution in [3.63, 3.8) is 0 Å². The molecule has 1 amide bonds. The highest BCUT2D eigenvalue weighted by molar-refractivity contribution is 5.46. The van der Waals surface area contributed by atoms with Gasteiger partial charge in [-0.25, -0.2) is 0 Å². The molecule has 0 fully saturated rings. The van der Waals surface area contributed by atoms with E-state index in [-0.39, 0.29) is 19.0 Å². The summed E-state index contributed by atoms with van der Waals surface area (Å²) in [6, 6.07) is 3.23. The zero-order valence-electron chi connectivity index (χ0n) is 12.1. The molecule has 0 atom stereocenters. The maximum absolute atomic E-state index is 9.99. The highest BCUT2D eigenvalue weighted by atomic mass is 16.5. The molecule has 0 radical (unpaired) electrons. The van der Waals surface area contributed by atoms with Gasteiger partial charge in [-0.05, 0) is 37.1 Å². The summed E-state index contributed by atoms with van der Waals surface area (Å²) < 4.78 is 4.62. The summed E-state index contributed by atoms with van der Waals surface area (Å²) in [6.07, 6.45) is 2.18. The van der Waals surface area contributed by atoms with Crippen molar-refractivity contribution >= 4 is 6.41 Å². The van der Waals surface area contributed by atoms with Gasteiger partial charge >= 0.3 is 0 Å². The van der Waals surface area contributed by atoms with Crippen molar-refractivity contribution < 1.29 is 24.9 Å². The fourth-order valence-electron chi connectivity index (χ4n) is 1.50. The zero-order chi connectivity index (χ0) is 16.3. The number of phenolic OH excluding ortho intramolecular Hbond substituents is 1. The molecule has 0 aliphatic rings. The van der Waals surface area contributed by atoms with E-state index in [1.165, 1.54) is 4.90 Å². The number of benzene rings is 1. The summed E-state index contributed by atoms with van der Waals surface area (Å²) >= 11 is 0. The number of rotatable bonds is 6. The number of carbonyl (C=O) groups excluding carboxylic acids is 1. The van der Waals surface area contributed by atoms with Crippen LogP contribution in [0, 0.1) is 25.4 Å². The number of carbonyl (C=O) groups is 1. The SMILES string of the molecule is Cc1cc(OC#N)cc(C)c1O.O=CN(CCO)CCO. The van der Waals surface area contributed by atoms with Crippen LogP contribution in [0.15, 0.2) is 12.1 Å². The minimum Gasteiger partial charge on any atom is -0.507 e. The predicted octanol–water partition coefficient (Wildman–Crippen LogP) is 0.298. The molecule has 0 bridgehead atoms. The van der Waals surface area contributed by atoms with Crippen molar-refractivity contribution in [3.8, 4) is 17.8 Å². The first-order chi connectivity index (χ1) is 9.99. The molecule has 0 heterocycles. The number of phenols is 1. The molecule has 21 heavy (non-hydrogen) atoms. The molecule has 3 N–H and O–H groups in total. The highest BCUT2D eigenvalue weighted by Crippen LogP contribution is 2.26. The number of hydrogen-bond donors (Lipinski definition) is 3. The van der Waals surface area contributed by atoms with Crippen molar-refractivity contribution in [2.45, 2.75) is 13.8 Å². The van der Waals surface area contributed by atoms with Crippen molar-refractivity contribution in [3.05, 3.63) is 23.3 Å². The van der Waals surface area contributed by atoms with Crippen molar-refractivity contribution in [1.29, 1.82) is 5.26 Å². The van der Waals surface area contributed by atoms with Crippen LogP contribution in [0.2, 0.25) is 0 Å². The van der Waals surface area contributed by atoms with E-state index >= 15 is 0 Å². The Kier molecular flexibility index (Phi) is 9.33. The van der Waals surface area contributed by atoms with Gasteiger partial charge in [-0.15, -0.1) is 5.26 Å². The number of nitrogens with zero attached hydrogens (tertiary/aromatic N) is 2. The lowest BCUT2D eigenvalue weighted by Gasteiger charge is -2.12. The smallest absolute Gasteiger partial charge is 0.292 e. The molecule has 0 saturated heterocycles. The molecule has 116 valence electrons. The van der Waals surface area contributed by atoms with Crippen LogP contribution >= 0.6 is 0 Å². The quantitative estimate of drug-likeness (QED) is 0.514. The van der Waals surface area contributed by atoms with Crippen LogP contribution in [-0.4, -0.2) is 52.9 Å². The number of nitriles is 1. The van der Waals surface area contributed by atoms with Crippen LogP contribution in [0.5, 0.6) is 11.5 Å². The maximum Gasteiger partial charge on any atom is 0.292 e. The second-order valence-corrected chi connectivity index (χ2v) is 4.19. The Labute approximate surface area is 123 Å². The van der Waals surface area contributed by atoms with Crippen molar-refractivity contribution in [1.82, 2.24) is 4.90 Å². The van der Waals surface area contributed by atoms with Crippen LogP contribution in [0.4, 0.5) is 0 Å². The second-order valence-electron chi connectivity index (χ2n) is 4.19. The van der Waals surface area contributed by atoms with Gasteiger partial charge in [-0.1, -0.05) is 0 Å². The first-order valence-electron chi connectivity index (χ1n) is 6.27. The Bertz CT molecular complexity index is 456. The Hall–Kier alpha value is -2.30. The van der Waals surface area contributed by atoms with Crippen LogP contribution < -0.4 is 4.74 Å². The summed E-state index contributed by atoms with van der Waals surface area (Å²) in [4.78, 5) is 11.3. The van der Waals surface area contributed by atoms with E-state index in [2.05, 4.69) is 4.74 Å². The summed E-state index contributed by atoms with van der Waals surface area (Å²) in [5, 5.41) is 34.2. The minimum absolute atomic E-state index is 0.0568. The van der Waals surface area contributed by atoms with Gasteiger partial charge in [0.1, 0.15) is 11.5 Å². The molecule has 0 unspecified atom stereocenters. The first-order valence-corrected chi connectivity index (χ1v) is 6.27. The van der Waals surface area contributed by atoms with Crippen LogP contribution in [-0.2, 0) is 4.79 Å². The minimum atomic E-state index is -0.0568. The lowest BCUT2D eigenvalue weighted by molar-refractivity contribution is -0.119. The van der Waals surface area contributed by atoms with E-state index in [0.717, 1.165) is 0 Å². The molecule has 1 aromatic rings. The fraction of sp³-hybridized carbons (Fsp3) is 0.429. The van der Waals surface area contributed by atoms with Gasteiger partial charge in [0.2, 0.25) is 6.41 Å². The molecule has 0 aromatic heterocycles. The summed E-state index contributed by atoms with van der Waals surface area (Å²) in [6.45, 7) is 3.99. The standard InChI is InChI=1S/C9H9NO2.C5H11NO3/c1-6-3-8(12-5-10)4-7(2)9(6)11;7-3-1-6(5-9)2-4-8/h3-4,11H,1-2H3;5,7-8H,1-4H2. The Morgan fingerprint density at radius 1 is 1.24 bits per heavy atom.